The van der Waals surface area contributed by atoms with Crippen molar-refractivity contribution in [2.45, 2.75) is 19.9 Å². The van der Waals surface area contributed by atoms with Crippen LogP contribution < -0.4 is 0 Å². The van der Waals surface area contributed by atoms with E-state index in [2.05, 4.69) is 6.92 Å². The average molecular weight is 236 g/mol. The summed E-state index contributed by atoms with van der Waals surface area (Å²) in [6, 6.07) is 6.27. The van der Waals surface area contributed by atoms with E-state index < -0.39 is 0 Å². The van der Waals surface area contributed by atoms with E-state index in [0.29, 0.717) is 18.7 Å². The molecule has 1 aromatic rings. The summed E-state index contributed by atoms with van der Waals surface area (Å²) in [5.74, 6) is -0.389. The molecule has 0 saturated carbocycles. The Morgan fingerprint density at radius 3 is 2.71 bits per heavy atom. The normalized spacial score (nSPS) is 10.5. The SMILES string of the molecule is CCCN(CCO)Cc1cc(F)cc(C#N)c1. The van der Waals surface area contributed by atoms with Crippen LogP contribution in [0.25, 0.3) is 0 Å². The van der Waals surface area contributed by atoms with Crippen molar-refractivity contribution < 1.29 is 9.50 Å². The Bertz CT molecular complexity index is 395. The first-order valence-electron chi connectivity index (χ1n) is 5.72. The zero-order valence-corrected chi connectivity index (χ0v) is 9.99. The fraction of sp³-hybridized carbons (Fsp3) is 0.462. The molecule has 17 heavy (non-hydrogen) atoms. The highest BCUT2D eigenvalue weighted by Gasteiger charge is 2.06. The van der Waals surface area contributed by atoms with Gasteiger partial charge in [-0.05, 0) is 36.7 Å². The molecule has 0 atom stereocenters. The molecule has 0 bridgehead atoms. The lowest BCUT2D eigenvalue weighted by Gasteiger charge is -2.20. The summed E-state index contributed by atoms with van der Waals surface area (Å²) >= 11 is 0. The molecular formula is C13H17FN2O. The highest BCUT2D eigenvalue weighted by atomic mass is 19.1. The van der Waals surface area contributed by atoms with Gasteiger partial charge in [0.1, 0.15) is 5.82 Å². The van der Waals surface area contributed by atoms with Gasteiger partial charge in [0.15, 0.2) is 0 Å². The van der Waals surface area contributed by atoms with Crippen molar-refractivity contribution in [1.29, 1.82) is 5.26 Å². The summed E-state index contributed by atoms with van der Waals surface area (Å²) < 4.78 is 13.2. The zero-order valence-electron chi connectivity index (χ0n) is 9.99. The van der Waals surface area contributed by atoms with Gasteiger partial charge in [-0.25, -0.2) is 4.39 Å². The van der Waals surface area contributed by atoms with Crippen LogP contribution in [0.2, 0.25) is 0 Å². The molecule has 0 saturated heterocycles. The molecule has 1 rings (SSSR count). The summed E-state index contributed by atoms with van der Waals surface area (Å²) in [5, 5.41) is 17.7. The summed E-state index contributed by atoms with van der Waals surface area (Å²) in [6.07, 6.45) is 0.973. The Labute approximate surface area is 101 Å². The van der Waals surface area contributed by atoms with Crippen LogP contribution in [0.1, 0.15) is 24.5 Å². The molecule has 92 valence electrons. The molecule has 1 aromatic carbocycles. The van der Waals surface area contributed by atoms with Gasteiger partial charge in [-0.1, -0.05) is 6.92 Å². The molecule has 0 amide bonds. The largest absolute Gasteiger partial charge is 0.395 e. The monoisotopic (exact) mass is 236 g/mol. The van der Waals surface area contributed by atoms with E-state index in [1.54, 1.807) is 6.07 Å². The number of halogens is 1. The first kappa shape index (κ1) is 13.6. The van der Waals surface area contributed by atoms with Crippen molar-refractivity contribution in [2.24, 2.45) is 0 Å². The Kier molecular flexibility index (Phi) is 5.61. The highest BCUT2D eigenvalue weighted by molar-refractivity contribution is 5.33. The van der Waals surface area contributed by atoms with E-state index >= 15 is 0 Å². The van der Waals surface area contributed by atoms with Gasteiger partial charge in [-0.15, -0.1) is 0 Å². The first-order chi connectivity index (χ1) is 8.19. The van der Waals surface area contributed by atoms with Crippen LogP contribution in [0.15, 0.2) is 18.2 Å². The molecule has 0 spiro atoms. The molecule has 4 heteroatoms. The number of rotatable bonds is 6. The topological polar surface area (TPSA) is 47.3 Å². The van der Waals surface area contributed by atoms with Crippen molar-refractivity contribution in [2.75, 3.05) is 19.7 Å². The molecule has 0 aliphatic rings. The third-order valence-electron chi connectivity index (χ3n) is 2.45. The zero-order chi connectivity index (χ0) is 12.7. The Hall–Kier alpha value is -1.44. The number of nitrogens with zero attached hydrogens (tertiary/aromatic N) is 2. The second kappa shape index (κ2) is 7.00. The fourth-order valence-corrected chi connectivity index (χ4v) is 1.79. The second-order valence-electron chi connectivity index (χ2n) is 3.96. The van der Waals surface area contributed by atoms with Gasteiger partial charge in [0.05, 0.1) is 18.2 Å². The van der Waals surface area contributed by atoms with Gasteiger partial charge in [-0.2, -0.15) is 5.26 Å². The predicted octanol–water partition coefficient (Wildman–Crippen LogP) is 1.90. The smallest absolute Gasteiger partial charge is 0.124 e. The van der Waals surface area contributed by atoms with Gasteiger partial charge in [0, 0.05) is 13.1 Å². The summed E-state index contributed by atoms with van der Waals surface area (Å²) in [4.78, 5) is 2.04. The minimum absolute atomic E-state index is 0.0838. The lowest BCUT2D eigenvalue weighted by Crippen LogP contribution is -2.27. The minimum atomic E-state index is -0.389. The maximum Gasteiger partial charge on any atom is 0.124 e. The van der Waals surface area contributed by atoms with Gasteiger partial charge in [-0.3, -0.25) is 4.90 Å². The molecule has 0 unspecified atom stereocenters. The van der Waals surface area contributed by atoms with Crippen LogP contribution in [0.4, 0.5) is 4.39 Å². The van der Waals surface area contributed by atoms with E-state index in [0.717, 1.165) is 18.5 Å². The van der Waals surface area contributed by atoms with Gasteiger partial charge in [0.2, 0.25) is 0 Å². The third-order valence-corrected chi connectivity index (χ3v) is 2.45. The van der Waals surface area contributed by atoms with Gasteiger partial charge < -0.3 is 5.11 Å². The maximum atomic E-state index is 13.2. The molecule has 3 nitrogen and oxygen atoms in total. The number of aliphatic hydroxyl groups excluding tert-OH is 1. The number of benzene rings is 1. The van der Waals surface area contributed by atoms with Crippen LogP contribution in [0, 0.1) is 17.1 Å². The number of aliphatic hydroxyl groups is 1. The third kappa shape index (κ3) is 4.51. The molecule has 0 aliphatic heterocycles. The summed E-state index contributed by atoms with van der Waals surface area (Å²) in [7, 11) is 0. The highest BCUT2D eigenvalue weighted by Crippen LogP contribution is 2.11. The van der Waals surface area contributed by atoms with Crippen molar-refractivity contribution in [1.82, 2.24) is 4.90 Å². The maximum absolute atomic E-state index is 13.2. The van der Waals surface area contributed by atoms with Crippen molar-refractivity contribution in [3.63, 3.8) is 0 Å². The van der Waals surface area contributed by atoms with Gasteiger partial charge in [0.25, 0.3) is 0 Å². The minimum Gasteiger partial charge on any atom is -0.395 e. The standard InChI is InChI=1S/C13H17FN2O/c1-2-3-16(4-5-17)10-12-6-11(9-15)7-13(14)8-12/h6-8,17H,2-5,10H2,1H3. The summed E-state index contributed by atoms with van der Waals surface area (Å²) in [6.45, 7) is 4.10. The predicted molar refractivity (Wildman–Crippen MR) is 63.8 cm³/mol. The molecular weight excluding hydrogens is 219 g/mol. The van der Waals surface area contributed by atoms with E-state index in [-0.39, 0.29) is 12.4 Å². The summed E-state index contributed by atoms with van der Waals surface area (Å²) in [5.41, 5.74) is 1.10. The van der Waals surface area contributed by atoms with Crippen molar-refractivity contribution >= 4 is 0 Å². The Balaban J connectivity index is 2.78. The molecule has 0 heterocycles. The van der Waals surface area contributed by atoms with Crippen LogP contribution in [0.3, 0.4) is 0 Å². The van der Waals surface area contributed by atoms with Crippen LogP contribution in [-0.2, 0) is 6.54 Å². The van der Waals surface area contributed by atoms with Crippen LogP contribution >= 0.6 is 0 Å². The van der Waals surface area contributed by atoms with Crippen LogP contribution in [0.5, 0.6) is 0 Å². The number of nitriles is 1. The first-order valence-corrected chi connectivity index (χ1v) is 5.72. The number of hydrogen-bond donors (Lipinski definition) is 1. The average Bonchev–Trinajstić information content (AvgIpc) is 2.29. The fourth-order valence-electron chi connectivity index (χ4n) is 1.79. The van der Waals surface area contributed by atoms with E-state index in [1.807, 2.05) is 11.0 Å². The van der Waals surface area contributed by atoms with E-state index in [1.165, 1.54) is 12.1 Å². The molecule has 0 aromatic heterocycles. The lowest BCUT2D eigenvalue weighted by atomic mass is 10.1. The second-order valence-corrected chi connectivity index (χ2v) is 3.96. The van der Waals surface area contributed by atoms with Crippen LogP contribution in [-0.4, -0.2) is 29.7 Å². The number of hydrogen-bond acceptors (Lipinski definition) is 3. The van der Waals surface area contributed by atoms with E-state index in [4.69, 9.17) is 10.4 Å². The van der Waals surface area contributed by atoms with Gasteiger partial charge >= 0.3 is 0 Å². The molecule has 0 aliphatic carbocycles. The Morgan fingerprint density at radius 2 is 2.12 bits per heavy atom. The van der Waals surface area contributed by atoms with E-state index in [9.17, 15) is 4.39 Å². The lowest BCUT2D eigenvalue weighted by molar-refractivity contribution is 0.190. The quantitative estimate of drug-likeness (QED) is 0.820. The molecule has 0 radical (unpaired) electrons. The van der Waals surface area contributed by atoms with Crippen molar-refractivity contribution in [3.05, 3.63) is 35.1 Å². The van der Waals surface area contributed by atoms with Crippen molar-refractivity contribution in [3.8, 4) is 6.07 Å². The Morgan fingerprint density at radius 1 is 1.35 bits per heavy atom. The molecule has 0 fully saturated rings. The molecule has 1 N–H and O–H groups in total.